The van der Waals surface area contributed by atoms with Crippen LogP contribution in [0.3, 0.4) is 0 Å². The SMILES string of the molecule is CCCCCC(CCCCC)c1nc(C)n(C)n1. The van der Waals surface area contributed by atoms with E-state index in [-0.39, 0.29) is 0 Å². The van der Waals surface area contributed by atoms with E-state index >= 15 is 0 Å². The van der Waals surface area contributed by atoms with Gasteiger partial charge in [0, 0.05) is 13.0 Å². The molecular formula is C15H29N3. The van der Waals surface area contributed by atoms with Crippen LogP contribution in [-0.4, -0.2) is 14.8 Å². The van der Waals surface area contributed by atoms with Gasteiger partial charge in [0.25, 0.3) is 0 Å². The van der Waals surface area contributed by atoms with Crippen LogP contribution in [0.5, 0.6) is 0 Å². The van der Waals surface area contributed by atoms with Crippen molar-refractivity contribution in [1.29, 1.82) is 0 Å². The summed E-state index contributed by atoms with van der Waals surface area (Å²) in [5.74, 6) is 2.67. The van der Waals surface area contributed by atoms with E-state index < -0.39 is 0 Å². The summed E-state index contributed by atoms with van der Waals surface area (Å²) in [4.78, 5) is 4.62. The molecule has 104 valence electrons. The molecule has 0 bridgehead atoms. The summed E-state index contributed by atoms with van der Waals surface area (Å²) in [5, 5.41) is 4.57. The summed E-state index contributed by atoms with van der Waals surface area (Å²) < 4.78 is 1.90. The van der Waals surface area contributed by atoms with E-state index in [1.807, 2.05) is 18.7 Å². The number of hydrogen-bond donors (Lipinski definition) is 0. The summed E-state index contributed by atoms with van der Waals surface area (Å²) in [6.45, 7) is 6.55. The first-order chi connectivity index (χ1) is 8.69. The van der Waals surface area contributed by atoms with Gasteiger partial charge in [-0.15, -0.1) is 0 Å². The van der Waals surface area contributed by atoms with E-state index in [2.05, 4.69) is 23.9 Å². The number of rotatable bonds is 9. The molecule has 1 aromatic heterocycles. The number of hydrogen-bond acceptors (Lipinski definition) is 2. The number of nitrogens with zero attached hydrogens (tertiary/aromatic N) is 3. The minimum atomic E-state index is 0.572. The Hall–Kier alpha value is -0.860. The Balaban J connectivity index is 2.57. The van der Waals surface area contributed by atoms with Crippen LogP contribution < -0.4 is 0 Å². The molecule has 0 fully saturated rings. The molecule has 3 nitrogen and oxygen atoms in total. The van der Waals surface area contributed by atoms with E-state index in [4.69, 9.17) is 0 Å². The Labute approximate surface area is 112 Å². The molecule has 0 amide bonds. The third-order valence-electron chi connectivity index (χ3n) is 3.67. The second kappa shape index (κ2) is 8.28. The topological polar surface area (TPSA) is 30.7 Å². The maximum atomic E-state index is 4.62. The average Bonchev–Trinajstić information content (AvgIpc) is 2.68. The molecule has 18 heavy (non-hydrogen) atoms. The molecule has 0 N–H and O–H groups in total. The standard InChI is InChI=1S/C15H29N3/c1-5-7-9-11-14(12-10-8-6-2)15-16-13(3)18(4)17-15/h14H,5-12H2,1-4H3. The van der Waals surface area contributed by atoms with Gasteiger partial charge in [0.05, 0.1) is 0 Å². The van der Waals surface area contributed by atoms with Crippen LogP contribution in [0.4, 0.5) is 0 Å². The monoisotopic (exact) mass is 251 g/mol. The number of aromatic nitrogens is 3. The summed E-state index contributed by atoms with van der Waals surface area (Å²) in [6, 6.07) is 0. The summed E-state index contributed by atoms with van der Waals surface area (Å²) in [7, 11) is 1.99. The van der Waals surface area contributed by atoms with Gasteiger partial charge >= 0.3 is 0 Å². The Morgan fingerprint density at radius 2 is 1.56 bits per heavy atom. The molecule has 0 saturated carbocycles. The number of aryl methyl sites for hydroxylation is 2. The third kappa shape index (κ3) is 4.79. The Bertz CT molecular complexity index is 301. The highest BCUT2D eigenvalue weighted by Gasteiger charge is 2.16. The Morgan fingerprint density at radius 3 is 1.94 bits per heavy atom. The predicted octanol–water partition coefficient (Wildman–Crippen LogP) is 4.37. The van der Waals surface area contributed by atoms with Crippen LogP contribution in [0.1, 0.15) is 82.8 Å². The van der Waals surface area contributed by atoms with E-state index in [1.165, 1.54) is 51.4 Å². The molecule has 0 spiro atoms. The molecule has 0 aliphatic rings. The molecule has 3 heteroatoms. The molecule has 1 heterocycles. The van der Waals surface area contributed by atoms with Crippen LogP contribution in [-0.2, 0) is 7.05 Å². The zero-order chi connectivity index (χ0) is 13.4. The first kappa shape index (κ1) is 15.2. The maximum absolute atomic E-state index is 4.62. The lowest BCUT2D eigenvalue weighted by atomic mass is 9.94. The van der Waals surface area contributed by atoms with Crippen molar-refractivity contribution in [3.05, 3.63) is 11.6 Å². The fourth-order valence-electron chi connectivity index (χ4n) is 2.34. The van der Waals surface area contributed by atoms with Gasteiger partial charge in [0.2, 0.25) is 0 Å². The lowest BCUT2D eigenvalue weighted by Crippen LogP contribution is -2.03. The lowest BCUT2D eigenvalue weighted by molar-refractivity contribution is 0.485. The fraction of sp³-hybridized carbons (Fsp3) is 0.867. The van der Waals surface area contributed by atoms with Gasteiger partial charge in [-0.1, -0.05) is 52.4 Å². The second-order valence-corrected chi connectivity index (χ2v) is 5.33. The molecule has 1 rings (SSSR count). The van der Waals surface area contributed by atoms with Crippen molar-refractivity contribution >= 4 is 0 Å². The van der Waals surface area contributed by atoms with Gasteiger partial charge in [0.1, 0.15) is 5.82 Å². The minimum absolute atomic E-state index is 0.572. The van der Waals surface area contributed by atoms with E-state index in [1.54, 1.807) is 0 Å². The van der Waals surface area contributed by atoms with Crippen molar-refractivity contribution in [2.75, 3.05) is 0 Å². The molecule has 0 unspecified atom stereocenters. The van der Waals surface area contributed by atoms with Crippen LogP contribution in [0.15, 0.2) is 0 Å². The highest BCUT2D eigenvalue weighted by molar-refractivity contribution is 4.98. The van der Waals surface area contributed by atoms with Crippen molar-refractivity contribution in [3.8, 4) is 0 Å². The van der Waals surface area contributed by atoms with Gasteiger partial charge < -0.3 is 0 Å². The largest absolute Gasteiger partial charge is 0.253 e. The normalized spacial score (nSPS) is 11.4. The first-order valence-corrected chi connectivity index (χ1v) is 7.56. The van der Waals surface area contributed by atoms with Crippen molar-refractivity contribution in [3.63, 3.8) is 0 Å². The molecule has 0 aliphatic carbocycles. The fourth-order valence-corrected chi connectivity index (χ4v) is 2.34. The number of unbranched alkanes of at least 4 members (excludes halogenated alkanes) is 4. The zero-order valence-corrected chi connectivity index (χ0v) is 12.6. The maximum Gasteiger partial charge on any atom is 0.153 e. The Morgan fingerprint density at radius 1 is 1.00 bits per heavy atom. The van der Waals surface area contributed by atoms with Crippen molar-refractivity contribution in [2.24, 2.45) is 7.05 Å². The molecule has 0 radical (unpaired) electrons. The highest BCUT2D eigenvalue weighted by atomic mass is 15.3. The molecule has 0 atom stereocenters. The molecule has 1 aromatic rings. The molecule has 0 saturated heterocycles. The first-order valence-electron chi connectivity index (χ1n) is 7.56. The van der Waals surface area contributed by atoms with Crippen LogP contribution in [0, 0.1) is 6.92 Å². The van der Waals surface area contributed by atoms with Gasteiger partial charge in [-0.3, -0.25) is 4.68 Å². The van der Waals surface area contributed by atoms with Crippen LogP contribution in [0.2, 0.25) is 0 Å². The molecular weight excluding hydrogens is 222 g/mol. The van der Waals surface area contributed by atoms with E-state index in [0.29, 0.717) is 5.92 Å². The van der Waals surface area contributed by atoms with Crippen LogP contribution in [0.25, 0.3) is 0 Å². The van der Waals surface area contributed by atoms with Gasteiger partial charge in [0.15, 0.2) is 5.82 Å². The van der Waals surface area contributed by atoms with Gasteiger partial charge in [-0.05, 0) is 19.8 Å². The smallest absolute Gasteiger partial charge is 0.153 e. The van der Waals surface area contributed by atoms with E-state index in [9.17, 15) is 0 Å². The van der Waals surface area contributed by atoms with Crippen molar-refractivity contribution in [1.82, 2.24) is 14.8 Å². The average molecular weight is 251 g/mol. The van der Waals surface area contributed by atoms with Gasteiger partial charge in [-0.2, -0.15) is 5.10 Å². The van der Waals surface area contributed by atoms with Crippen LogP contribution >= 0.6 is 0 Å². The second-order valence-electron chi connectivity index (χ2n) is 5.33. The van der Waals surface area contributed by atoms with Crippen molar-refractivity contribution < 1.29 is 0 Å². The highest BCUT2D eigenvalue weighted by Crippen LogP contribution is 2.26. The Kier molecular flexibility index (Phi) is 6.99. The third-order valence-corrected chi connectivity index (χ3v) is 3.67. The molecule has 0 aromatic carbocycles. The molecule has 0 aliphatic heterocycles. The van der Waals surface area contributed by atoms with Gasteiger partial charge in [-0.25, -0.2) is 4.98 Å². The quantitative estimate of drug-likeness (QED) is 0.610. The van der Waals surface area contributed by atoms with E-state index in [0.717, 1.165) is 11.6 Å². The predicted molar refractivity (Wildman–Crippen MR) is 76.8 cm³/mol. The summed E-state index contributed by atoms with van der Waals surface area (Å²) >= 11 is 0. The zero-order valence-electron chi connectivity index (χ0n) is 12.6. The minimum Gasteiger partial charge on any atom is -0.253 e. The summed E-state index contributed by atoms with van der Waals surface area (Å²) in [6.07, 6.45) is 10.4. The summed E-state index contributed by atoms with van der Waals surface area (Å²) in [5.41, 5.74) is 0. The van der Waals surface area contributed by atoms with Crippen molar-refractivity contribution in [2.45, 2.75) is 78.1 Å². The lowest BCUT2D eigenvalue weighted by Gasteiger charge is -2.13.